The highest BCUT2D eigenvalue weighted by molar-refractivity contribution is 6.14. The van der Waals surface area contributed by atoms with Crippen LogP contribution in [0.25, 0.3) is 38.7 Å². The number of fused-ring (bicyclic) bond motifs is 6. The molecule has 0 spiro atoms. The van der Waals surface area contributed by atoms with Crippen LogP contribution in [0.5, 0.6) is 0 Å². The maximum atomic E-state index is 4.35. The van der Waals surface area contributed by atoms with Crippen molar-refractivity contribution in [2.24, 2.45) is 11.8 Å². The molecule has 8 rings (SSSR count). The van der Waals surface area contributed by atoms with E-state index in [9.17, 15) is 0 Å². The van der Waals surface area contributed by atoms with Gasteiger partial charge in [-0.15, -0.1) is 0 Å². The van der Waals surface area contributed by atoms with Gasteiger partial charge in [0, 0.05) is 18.3 Å². The van der Waals surface area contributed by atoms with Crippen LogP contribution in [0.1, 0.15) is 60.8 Å². The minimum absolute atomic E-state index is 0.355. The average Bonchev–Trinajstić information content (AvgIpc) is 3.24. The topological polar surface area (TPSA) is 12.9 Å². The number of pyridine rings is 1. The SMILES string of the molecule is CC1CC(C2=Cc3c(c4cc(-c5ccccc5)ccc4c4ccccc34)CC2)=CC(c2ccccc2)C(C)C1c1ccncc1. The van der Waals surface area contributed by atoms with Gasteiger partial charge in [0.25, 0.3) is 0 Å². The molecule has 1 heteroatoms. The first-order chi connectivity index (χ1) is 22.2. The Morgan fingerprint density at radius 1 is 0.578 bits per heavy atom. The standard InChI is InChI=1S/C44H39N/c1-29-25-36(28-41(32-13-7-4-8-14-32)30(2)44(29)33-21-23-45-24-22-33)35-18-20-40-42(27-35)38-16-10-9-15-37(38)39-19-17-34(26-43(39)40)31-11-5-3-6-12-31/h3-17,19,21-24,26-30,41,44H,18,20,25H2,1-2H3. The Hall–Kier alpha value is -4.75. The highest BCUT2D eigenvalue weighted by Gasteiger charge is 2.35. The van der Waals surface area contributed by atoms with Crippen LogP contribution < -0.4 is 0 Å². The van der Waals surface area contributed by atoms with Gasteiger partial charge in [-0.2, -0.15) is 0 Å². The van der Waals surface area contributed by atoms with Crippen LogP contribution in [0.2, 0.25) is 0 Å². The number of hydrogen-bond acceptors (Lipinski definition) is 1. The fraction of sp³-hybridized carbons (Fsp3) is 0.205. The fourth-order valence-corrected chi connectivity index (χ4v) is 8.48. The molecule has 2 aliphatic carbocycles. The van der Waals surface area contributed by atoms with E-state index in [2.05, 4.69) is 146 Å². The molecule has 0 fully saturated rings. The summed E-state index contributed by atoms with van der Waals surface area (Å²) in [5.41, 5.74) is 11.3. The van der Waals surface area contributed by atoms with E-state index in [-0.39, 0.29) is 0 Å². The molecule has 0 N–H and O–H groups in total. The third-order valence-corrected chi connectivity index (χ3v) is 10.6. The summed E-state index contributed by atoms with van der Waals surface area (Å²) < 4.78 is 0. The molecule has 220 valence electrons. The normalized spacial score (nSPS) is 21.6. The molecule has 0 aliphatic heterocycles. The van der Waals surface area contributed by atoms with Crippen molar-refractivity contribution in [1.29, 1.82) is 0 Å². The summed E-state index contributed by atoms with van der Waals surface area (Å²) >= 11 is 0. The maximum absolute atomic E-state index is 4.35. The molecule has 4 atom stereocenters. The van der Waals surface area contributed by atoms with Crippen molar-refractivity contribution in [1.82, 2.24) is 4.98 Å². The first kappa shape index (κ1) is 27.8. The van der Waals surface area contributed by atoms with E-state index < -0.39 is 0 Å². The molecule has 0 saturated carbocycles. The first-order valence-corrected chi connectivity index (χ1v) is 16.5. The lowest BCUT2D eigenvalue weighted by molar-refractivity contribution is 0.333. The van der Waals surface area contributed by atoms with Gasteiger partial charge in [0.05, 0.1) is 0 Å². The van der Waals surface area contributed by atoms with Crippen LogP contribution in [-0.2, 0) is 6.42 Å². The smallest absolute Gasteiger partial charge is 0.0270 e. The van der Waals surface area contributed by atoms with Gasteiger partial charge in [0.1, 0.15) is 0 Å². The van der Waals surface area contributed by atoms with Crippen molar-refractivity contribution in [3.05, 3.63) is 167 Å². The highest BCUT2D eigenvalue weighted by Crippen LogP contribution is 2.49. The van der Waals surface area contributed by atoms with Crippen molar-refractivity contribution in [3.8, 4) is 11.1 Å². The van der Waals surface area contributed by atoms with Crippen LogP contribution in [0.15, 0.2) is 145 Å². The predicted octanol–water partition coefficient (Wildman–Crippen LogP) is 11.6. The summed E-state index contributed by atoms with van der Waals surface area (Å²) in [4.78, 5) is 4.35. The van der Waals surface area contributed by atoms with Crippen molar-refractivity contribution in [2.45, 2.75) is 44.9 Å². The molecule has 0 amide bonds. The van der Waals surface area contributed by atoms with Crippen molar-refractivity contribution in [2.75, 3.05) is 0 Å². The molecule has 6 aromatic rings. The second kappa shape index (κ2) is 11.6. The van der Waals surface area contributed by atoms with E-state index in [1.807, 2.05) is 12.4 Å². The molecule has 4 unspecified atom stereocenters. The van der Waals surface area contributed by atoms with Crippen molar-refractivity contribution >= 4 is 27.6 Å². The number of allylic oxidation sites excluding steroid dienone is 3. The van der Waals surface area contributed by atoms with Gasteiger partial charge in [-0.1, -0.05) is 123 Å². The van der Waals surface area contributed by atoms with Crippen LogP contribution in [0.4, 0.5) is 0 Å². The first-order valence-electron chi connectivity index (χ1n) is 16.5. The third kappa shape index (κ3) is 5.01. The quantitative estimate of drug-likeness (QED) is 0.189. The molecule has 45 heavy (non-hydrogen) atoms. The third-order valence-electron chi connectivity index (χ3n) is 10.6. The van der Waals surface area contributed by atoms with Gasteiger partial charge >= 0.3 is 0 Å². The van der Waals surface area contributed by atoms with Gasteiger partial charge < -0.3 is 0 Å². The zero-order valence-electron chi connectivity index (χ0n) is 26.2. The summed E-state index contributed by atoms with van der Waals surface area (Å²) in [6.07, 6.45) is 12.4. The Balaban J connectivity index is 1.29. The lowest BCUT2D eigenvalue weighted by atomic mass is 9.72. The van der Waals surface area contributed by atoms with Crippen LogP contribution in [0, 0.1) is 11.8 Å². The van der Waals surface area contributed by atoms with Crippen LogP contribution >= 0.6 is 0 Å². The Labute approximate surface area is 267 Å². The van der Waals surface area contributed by atoms with E-state index >= 15 is 0 Å². The van der Waals surface area contributed by atoms with E-state index in [1.165, 1.54) is 66.1 Å². The summed E-state index contributed by atoms with van der Waals surface area (Å²) in [6.45, 7) is 4.93. The Bertz CT molecular complexity index is 2050. The van der Waals surface area contributed by atoms with Gasteiger partial charge in [0.2, 0.25) is 0 Å². The van der Waals surface area contributed by atoms with Crippen molar-refractivity contribution < 1.29 is 0 Å². The Kier molecular flexibility index (Phi) is 7.18. The molecular formula is C44H39N. The second-order valence-electron chi connectivity index (χ2n) is 13.2. The number of hydrogen-bond donors (Lipinski definition) is 0. The number of aromatic nitrogens is 1. The molecule has 0 saturated heterocycles. The van der Waals surface area contributed by atoms with Crippen LogP contribution in [0.3, 0.4) is 0 Å². The van der Waals surface area contributed by atoms with E-state index in [0.717, 1.165) is 19.3 Å². The van der Waals surface area contributed by atoms with Gasteiger partial charge in [0.15, 0.2) is 0 Å². The van der Waals surface area contributed by atoms with E-state index in [1.54, 1.807) is 0 Å². The zero-order chi connectivity index (χ0) is 30.3. The van der Waals surface area contributed by atoms with Crippen LogP contribution in [-0.4, -0.2) is 4.98 Å². The van der Waals surface area contributed by atoms with Gasteiger partial charge in [-0.3, -0.25) is 4.98 Å². The Morgan fingerprint density at radius 3 is 2.04 bits per heavy atom. The number of benzene rings is 5. The minimum atomic E-state index is 0.355. The highest BCUT2D eigenvalue weighted by atomic mass is 14.6. The van der Waals surface area contributed by atoms with Gasteiger partial charge in [-0.25, -0.2) is 0 Å². The Morgan fingerprint density at radius 2 is 1.27 bits per heavy atom. The second-order valence-corrected chi connectivity index (χ2v) is 13.2. The molecule has 0 radical (unpaired) electrons. The monoisotopic (exact) mass is 581 g/mol. The molecule has 1 nitrogen and oxygen atoms in total. The lowest BCUT2D eigenvalue weighted by Crippen LogP contribution is -2.21. The summed E-state index contributed by atoms with van der Waals surface area (Å²) in [7, 11) is 0. The van der Waals surface area contributed by atoms with E-state index in [0.29, 0.717) is 23.7 Å². The molecule has 0 bridgehead atoms. The summed E-state index contributed by atoms with van der Waals surface area (Å²) in [5.74, 6) is 1.81. The molecule has 2 aliphatic rings. The molecule has 5 aromatic carbocycles. The number of nitrogens with zero attached hydrogens (tertiary/aromatic N) is 1. The molecular weight excluding hydrogens is 542 g/mol. The minimum Gasteiger partial charge on any atom is -0.265 e. The fourth-order valence-electron chi connectivity index (χ4n) is 8.48. The van der Waals surface area contributed by atoms with Gasteiger partial charge in [-0.05, 0) is 121 Å². The summed E-state index contributed by atoms with van der Waals surface area (Å²) in [5, 5.41) is 5.48. The van der Waals surface area contributed by atoms with Crippen molar-refractivity contribution in [3.63, 3.8) is 0 Å². The molecule has 1 heterocycles. The lowest BCUT2D eigenvalue weighted by Gasteiger charge is -2.32. The predicted molar refractivity (Wildman–Crippen MR) is 190 cm³/mol. The number of rotatable bonds is 4. The molecule has 1 aromatic heterocycles. The number of aryl methyl sites for hydroxylation is 1. The maximum Gasteiger partial charge on any atom is 0.0270 e. The summed E-state index contributed by atoms with van der Waals surface area (Å²) in [6, 6.07) is 42.6. The average molecular weight is 582 g/mol. The van der Waals surface area contributed by atoms with E-state index in [4.69, 9.17) is 0 Å². The largest absolute Gasteiger partial charge is 0.265 e. The zero-order valence-corrected chi connectivity index (χ0v) is 26.2.